The molecule has 1 aliphatic heterocycles. The van der Waals surface area contributed by atoms with Gasteiger partial charge in [0.2, 0.25) is 5.91 Å². The smallest absolute Gasteiger partial charge is 0.237 e. The lowest BCUT2D eigenvalue weighted by Crippen LogP contribution is -2.31. The highest BCUT2D eigenvalue weighted by molar-refractivity contribution is 6.05. The van der Waals surface area contributed by atoms with Crippen LogP contribution in [0.5, 0.6) is 0 Å². The molecule has 1 fully saturated rings. The number of anilines is 1. The largest absolute Gasteiger partial charge is 0.282 e. The Labute approximate surface area is 159 Å². The van der Waals surface area contributed by atoms with Crippen molar-refractivity contribution in [3.8, 4) is 0 Å². The summed E-state index contributed by atoms with van der Waals surface area (Å²) in [5, 5.41) is 0. The number of aryl methyl sites for hydroxylation is 2. The van der Waals surface area contributed by atoms with Gasteiger partial charge in [-0.15, -0.1) is 0 Å². The monoisotopic (exact) mass is 360 g/mol. The van der Waals surface area contributed by atoms with Crippen molar-refractivity contribution in [2.45, 2.75) is 40.5 Å². The van der Waals surface area contributed by atoms with E-state index in [1.54, 1.807) is 6.20 Å². The van der Waals surface area contributed by atoms with Crippen molar-refractivity contribution in [2.24, 2.45) is 11.3 Å². The number of amides is 1. The Hall–Kier alpha value is -2.82. The molecule has 0 bridgehead atoms. The molecule has 0 saturated carbocycles. The molecule has 0 aromatic carbocycles. The number of hydrogen-bond acceptors (Lipinski definition) is 4. The van der Waals surface area contributed by atoms with Crippen molar-refractivity contribution in [3.05, 3.63) is 65.7 Å². The van der Waals surface area contributed by atoms with Crippen LogP contribution in [0.3, 0.4) is 0 Å². The first kappa shape index (κ1) is 17.6. The quantitative estimate of drug-likeness (QED) is 0.827. The van der Waals surface area contributed by atoms with Crippen LogP contribution in [0.25, 0.3) is 5.57 Å². The second-order valence-electron chi connectivity index (χ2n) is 7.80. The first-order valence-electron chi connectivity index (χ1n) is 9.41. The Morgan fingerprint density at radius 1 is 1.19 bits per heavy atom. The third kappa shape index (κ3) is 2.87. The minimum Gasteiger partial charge on any atom is -0.282 e. The Balaban J connectivity index is 1.80. The summed E-state index contributed by atoms with van der Waals surface area (Å²) in [6, 6.07) is 2.07. The second-order valence-corrected chi connectivity index (χ2v) is 7.80. The van der Waals surface area contributed by atoms with Gasteiger partial charge in [0.05, 0.1) is 17.3 Å². The summed E-state index contributed by atoms with van der Waals surface area (Å²) in [6.07, 6.45) is 13.4. The number of pyridine rings is 1. The lowest BCUT2D eigenvalue weighted by Gasteiger charge is -2.26. The van der Waals surface area contributed by atoms with Crippen LogP contribution in [-0.4, -0.2) is 20.9 Å². The molecule has 0 spiro atoms. The topological polar surface area (TPSA) is 59.0 Å². The Kier molecular flexibility index (Phi) is 4.17. The zero-order valence-electron chi connectivity index (χ0n) is 16.2. The summed E-state index contributed by atoms with van der Waals surface area (Å²) in [4.78, 5) is 28.1. The van der Waals surface area contributed by atoms with E-state index in [1.165, 1.54) is 0 Å². The molecule has 5 nitrogen and oxygen atoms in total. The van der Waals surface area contributed by atoms with Crippen molar-refractivity contribution in [1.29, 1.82) is 0 Å². The molecule has 138 valence electrons. The summed E-state index contributed by atoms with van der Waals surface area (Å²) >= 11 is 0. The van der Waals surface area contributed by atoms with Crippen molar-refractivity contribution in [2.75, 3.05) is 4.90 Å². The van der Waals surface area contributed by atoms with E-state index in [9.17, 15) is 4.79 Å². The van der Waals surface area contributed by atoms with Crippen molar-refractivity contribution in [1.82, 2.24) is 15.0 Å². The van der Waals surface area contributed by atoms with Gasteiger partial charge in [-0.2, -0.15) is 0 Å². The van der Waals surface area contributed by atoms with Gasteiger partial charge < -0.3 is 0 Å². The lowest BCUT2D eigenvalue weighted by molar-refractivity contribution is -0.125. The van der Waals surface area contributed by atoms with Crippen LogP contribution in [0.1, 0.15) is 44.1 Å². The normalized spacial score (nSPS) is 21.0. The van der Waals surface area contributed by atoms with Crippen molar-refractivity contribution in [3.63, 3.8) is 0 Å². The molecule has 4 rings (SSSR count). The van der Waals surface area contributed by atoms with Crippen LogP contribution in [0.15, 0.2) is 48.7 Å². The first-order chi connectivity index (χ1) is 12.9. The van der Waals surface area contributed by atoms with Gasteiger partial charge in [0.15, 0.2) is 0 Å². The molecule has 0 radical (unpaired) electrons. The predicted molar refractivity (Wildman–Crippen MR) is 106 cm³/mol. The summed E-state index contributed by atoms with van der Waals surface area (Å²) in [5.41, 5.74) is 4.61. The SMILES string of the molecule is CCc1cncc(N2C(=O)C(C)(C)C3CC=C(c4cnc(C)nc4)C=C32)c1. The maximum absolute atomic E-state index is 13.3. The molecule has 2 aromatic heterocycles. The molecule has 1 saturated heterocycles. The molecule has 1 amide bonds. The van der Waals surface area contributed by atoms with Crippen LogP contribution >= 0.6 is 0 Å². The fourth-order valence-corrected chi connectivity index (χ4v) is 3.92. The molecular weight excluding hydrogens is 336 g/mol. The predicted octanol–water partition coefficient (Wildman–Crippen LogP) is 4.10. The molecule has 2 aromatic rings. The van der Waals surface area contributed by atoms with Gasteiger partial charge in [-0.05, 0) is 43.0 Å². The standard InChI is InChI=1S/C22H24N4O/c1-5-15-8-18(13-23-10-15)26-20-9-16(17-11-24-14(2)25-12-17)6-7-19(20)22(3,4)21(26)27/h6,8-13,19H,5,7H2,1-4H3. The molecule has 1 atom stereocenters. The summed E-state index contributed by atoms with van der Waals surface area (Å²) < 4.78 is 0. The fourth-order valence-electron chi connectivity index (χ4n) is 3.92. The van der Waals surface area contributed by atoms with E-state index < -0.39 is 5.41 Å². The third-order valence-corrected chi connectivity index (χ3v) is 5.68. The van der Waals surface area contributed by atoms with Gasteiger partial charge >= 0.3 is 0 Å². The molecule has 2 aliphatic rings. The van der Waals surface area contributed by atoms with Gasteiger partial charge in [-0.25, -0.2) is 9.97 Å². The average molecular weight is 360 g/mol. The molecule has 5 heteroatoms. The van der Waals surface area contributed by atoms with Crippen LogP contribution < -0.4 is 4.90 Å². The highest BCUT2D eigenvalue weighted by Gasteiger charge is 2.51. The minimum atomic E-state index is -0.445. The number of allylic oxidation sites excluding steroid dienone is 4. The van der Waals surface area contributed by atoms with E-state index in [2.05, 4.69) is 40.1 Å². The zero-order valence-corrected chi connectivity index (χ0v) is 16.2. The van der Waals surface area contributed by atoms with E-state index in [0.717, 1.165) is 46.8 Å². The Morgan fingerprint density at radius 3 is 2.63 bits per heavy atom. The molecule has 3 heterocycles. The lowest BCUT2D eigenvalue weighted by atomic mass is 9.75. The fraction of sp³-hybridized carbons (Fsp3) is 0.364. The summed E-state index contributed by atoms with van der Waals surface area (Å²) in [5.74, 6) is 1.04. The number of carbonyl (C=O) groups is 1. The Bertz CT molecular complexity index is 957. The third-order valence-electron chi connectivity index (χ3n) is 5.68. The minimum absolute atomic E-state index is 0.128. The first-order valence-corrected chi connectivity index (χ1v) is 9.41. The van der Waals surface area contributed by atoms with E-state index >= 15 is 0 Å². The Morgan fingerprint density at radius 2 is 1.93 bits per heavy atom. The van der Waals surface area contributed by atoms with Crippen LogP contribution in [0.4, 0.5) is 5.69 Å². The van der Waals surface area contributed by atoms with E-state index in [4.69, 9.17) is 0 Å². The van der Waals surface area contributed by atoms with E-state index in [0.29, 0.717) is 0 Å². The zero-order chi connectivity index (χ0) is 19.2. The summed E-state index contributed by atoms with van der Waals surface area (Å²) in [7, 11) is 0. The number of carbonyl (C=O) groups excluding carboxylic acids is 1. The molecule has 1 aliphatic carbocycles. The van der Waals surface area contributed by atoms with Gasteiger partial charge in [-0.3, -0.25) is 14.7 Å². The van der Waals surface area contributed by atoms with Gasteiger partial charge in [0.25, 0.3) is 0 Å². The van der Waals surface area contributed by atoms with E-state index in [1.807, 2.05) is 44.3 Å². The maximum atomic E-state index is 13.3. The van der Waals surface area contributed by atoms with Gasteiger partial charge in [0, 0.05) is 35.8 Å². The second kappa shape index (κ2) is 6.41. The number of fused-ring (bicyclic) bond motifs is 1. The van der Waals surface area contributed by atoms with Crippen molar-refractivity contribution >= 4 is 17.2 Å². The van der Waals surface area contributed by atoms with Gasteiger partial charge in [-0.1, -0.05) is 26.8 Å². The van der Waals surface area contributed by atoms with Crippen LogP contribution in [0, 0.1) is 18.3 Å². The highest BCUT2D eigenvalue weighted by Crippen LogP contribution is 2.50. The highest BCUT2D eigenvalue weighted by atomic mass is 16.2. The van der Waals surface area contributed by atoms with Crippen LogP contribution in [0.2, 0.25) is 0 Å². The van der Waals surface area contributed by atoms with Crippen LogP contribution in [-0.2, 0) is 11.2 Å². The number of rotatable bonds is 3. The average Bonchev–Trinajstić information content (AvgIpc) is 2.88. The molecule has 1 unspecified atom stereocenters. The maximum Gasteiger partial charge on any atom is 0.237 e. The molecular formula is C22H24N4O. The van der Waals surface area contributed by atoms with Gasteiger partial charge in [0.1, 0.15) is 5.82 Å². The molecule has 27 heavy (non-hydrogen) atoms. The van der Waals surface area contributed by atoms with Crippen molar-refractivity contribution < 1.29 is 4.79 Å². The number of aromatic nitrogens is 3. The number of hydrogen-bond donors (Lipinski definition) is 0. The molecule has 0 N–H and O–H groups in total. The van der Waals surface area contributed by atoms with E-state index in [-0.39, 0.29) is 11.8 Å². The number of nitrogens with zero attached hydrogens (tertiary/aromatic N) is 4. The summed E-state index contributed by atoms with van der Waals surface area (Å²) in [6.45, 7) is 8.05.